The molecule has 1 aromatic rings. The summed E-state index contributed by atoms with van der Waals surface area (Å²) in [5.41, 5.74) is -0.301. The van der Waals surface area contributed by atoms with Crippen molar-refractivity contribution in [3.8, 4) is 0 Å². The van der Waals surface area contributed by atoms with Crippen LogP contribution in [0.1, 0.15) is 49.0 Å². The third-order valence-corrected chi connectivity index (χ3v) is 3.73. The zero-order chi connectivity index (χ0) is 15.3. The molecule has 20 heavy (non-hydrogen) atoms. The van der Waals surface area contributed by atoms with Crippen molar-refractivity contribution in [2.75, 3.05) is 0 Å². The summed E-state index contributed by atoms with van der Waals surface area (Å²) in [6.45, 7) is 5.18. The highest BCUT2D eigenvalue weighted by Crippen LogP contribution is 2.21. The van der Waals surface area contributed by atoms with E-state index in [9.17, 15) is 14.0 Å². The largest absolute Gasteiger partial charge is 0.481 e. The number of hydrogen-bond acceptors (Lipinski definition) is 2. The highest BCUT2D eigenvalue weighted by Gasteiger charge is 2.31. The molecule has 0 radical (unpaired) electrons. The van der Waals surface area contributed by atoms with Gasteiger partial charge >= 0.3 is 5.97 Å². The average molecular weight is 281 g/mol. The fourth-order valence-electron chi connectivity index (χ4n) is 2.17. The number of halogens is 1. The van der Waals surface area contributed by atoms with Crippen LogP contribution in [0.2, 0.25) is 0 Å². The Morgan fingerprint density at radius 1 is 1.30 bits per heavy atom. The average Bonchev–Trinajstić information content (AvgIpc) is 2.40. The molecule has 0 aliphatic carbocycles. The van der Waals surface area contributed by atoms with Gasteiger partial charge in [0.2, 0.25) is 0 Å². The van der Waals surface area contributed by atoms with Crippen LogP contribution in [0.15, 0.2) is 18.2 Å². The topological polar surface area (TPSA) is 66.4 Å². The highest BCUT2D eigenvalue weighted by atomic mass is 19.1. The quantitative estimate of drug-likeness (QED) is 0.842. The summed E-state index contributed by atoms with van der Waals surface area (Å²) < 4.78 is 13.5. The van der Waals surface area contributed by atoms with Crippen molar-refractivity contribution < 1.29 is 19.1 Å². The van der Waals surface area contributed by atoms with Crippen molar-refractivity contribution in [1.82, 2.24) is 5.32 Å². The summed E-state index contributed by atoms with van der Waals surface area (Å²) in [5, 5.41) is 11.7. The normalized spacial score (nSPS) is 11.2. The molecule has 2 N–H and O–H groups in total. The van der Waals surface area contributed by atoms with Gasteiger partial charge in [-0.25, -0.2) is 4.39 Å². The summed E-state index contributed by atoms with van der Waals surface area (Å²) in [7, 11) is 0. The van der Waals surface area contributed by atoms with Gasteiger partial charge in [-0.2, -0.15) is 0 Å². The first-order valence-electron chi connectivity index (χ1n) is 6.64. The maximum atomic E-state index is 13.5. The second kappa shape index (κ2) is 6.50. The lowest BCUT2D eigenvalue weighted by atomic mass is 9.88. The molecule has 0 atom stereocenters. The summed E-state index contributed by atoms with van der Waals surface area (Å²) >= 11 is 0. The van der Waals surface area contributed by atoms with E-state index in [1.54, 1.807) is 0 Å². The fourth-order valence-corrected chi connectivity index (χ4v) is 2.17. The van der Waals surface area contributed by atoms with Crippen LogP contribution in [-0.4, -0.2) is 22.5 Å². The molecule has 0 aromatic heterocycles. The first-order chi connectivity index (χ1) is 9.35. The fraction of sp³-hybridized carbons (Fsp3) is 0.467. The van der Waals surface area contributed by atoms with E-state index in [4.69, 9.17) is 5.11 Å². The molecule has 1 amide bonds. The SMILES string of the molecule is CCC(CC)(CC(=O)O)NC(=O)c1cccc(F)c1C. The van der Waals surface area contributed by atoms with Crippen LogP contribution in [0.3, 0.4) is 0 Å². The molecule has 0 aliphatic heterocycles. The third-order valence-electron chi connectivity index (χ3n) is 3.73. The van der Waals surface area contributed by atoms with Gasteiger partial charge in [0.25, 0.3) is 5.91 Å². The zero-order valence-electron chi connectivity index (χ0n) is 12.0. The molecule has 0 saturated carbocycles. The van der Waals surface area contributed by atoms with E-state index in [0.29, 0.717) is 12.8 Å². The number of rotatable bonds is 6. The number of carboxylic acid groups (broad SMARTS) is 1. The predicted molar refractivity (Wildman–Crippen MR) is 74.2 cm³/mol. The maximum Gasteiger partial charge on any atom is 0.305 e. The minimum Gasteiger partial charge on any atom is -0.481 e. The van der Waals surface area contributed by atoms with E-state index in [1.165, 1.54) is 25.1 Å². The van der Waals surface area contributed by atoms with Crippen molar-refractivity contribution in [1.29, 1.82) is 0 Å². The van der Waals surface area contributed by atoms with Gasteiger partial charge in [0.05, 0.1) is 12.0 Å². The summed E-state index contributed by atoms with van der Waals surface area (Å²) in [6, 6.07) is 4.29. The number of aliphatic carboxylic acids is 1. The van der Waals surface area contributed by atoms with E-state index in [-0.39, 0.29) is 17.5 Å². The Morgan fingerprint density at radius 2 is 1.90 bits per heavy atom. The molecule has 1 aromatic carbocycles. The van der Waals surface area contributed by atoms with Gasteiger partial charge in [-0.05, 0) is 37.5 Å². The van der Waals surface area contributed by atoms with Crippen molar-refractivity contribution in [3.05, 3.63) is 35.1 Å². The second-order valence-electron chi connectivity index (χ2n) is 4.92. The van der Waals surface area contributed by atoms with Crippen LogP contribution < -0.4 is 5.32 Å². The molecular formula is C15H20FNO3. The van der Waals surface area contributed by atoms with Crippen LogP contribution >= 0.6 is 0 Å². The van der Waals surface area contributed by atoms with Gasteiger partial charge in [0, 0.05) is 5.56 Å². The van der Waals surface area contributed by atoms with Gasteiger partial charge in [-0.1, -0.05) is 19.9 Å². The Morgan fingerprint density at radius 3 is 2.40 bits per heavy atom. The van der Waals surface area contributed by atoms with E-state index in [2.05, 4.69) is 5.32 Å². The number of carboxylic acids is 1. The number of carbonyl (C=O) groups is 2. The van der Waals surface area contributed by atoms with Gasteiger partial charge in [-0.15, -0.1) is 0 Å². The van der Waals surface area contributed by atoms with Crippen molar-refractivity contribution in [2.45, 2.75) is 45.6 Å². The molecule has 0 spiro atoms. The van der Waals surface area contributed by atoms with Crippen LogP contribution in [0.25, 0.3) is 0 Å². The van der Waals surface area contributed by atoms with Crippen molar-refractivity contribution >= 4 is 11.9 Å². The predicted octanol–water partition coefficient (Wildman–Crippen LogP) is 2.90. The number of hydrogen-bond donors (Lipinski definition) is 2. The molecule has 1 rings (SSSR count). The second-order valence-corrected chi connectivity index (χ2v) is 4.92. The van der Waals surface area contributed by atoms with Crippen LogP contribution in [0.4, 0.5) is 4.39 Å². The smallest absolute Gasteiger partial charge is 0.305 e. The molecule has 0 fully saturated rings. The first kappa shape index (κ1) is 16.1. The Bertz CT molecular complexity index is 510. The Kier molecular flexibility index (Phi) is 5.25. The highest BCUT2D eigenvalue weighted by molar-refractivity contribution is 5.96. The lowest BCUT2D eigenvalue weighted by molar-refractivity contribution is -0.138. The van der Waals surface area contributed by atoms with E-state index in [0.717, 1.165) is 0 Å². The number of benzene rings is 1. The number of amides is 1. The minimum absolute atomic E-state index is 0.153. The standard InChI is InChI=1S/C15H20FNO3/c1-4-15(5-2,9-13(18)19)17-14(20)11-7-6-8-12(16)10(11)3/h6-8H,4-5,9H2,1-3H3,(H,17,20)(H,18,19). The van der Waals surface area contributed by atoms with Crippen LogP contribution in [0, 0.1) is 12.7 Å². The van der Waals surface area contributed by atoms with Gasteiger partial charge in [0.15, 0.2) is 0 Å². The number of nitrogens with one attached hydrogen (secondary N) is 1. The Labute approximate surface area is 118 Å². The van der Waals surface area contributed by atoms with Gasteiger partial charge in [0.1, 0.15) is 5.82 Å². The van der Waals surface area contributed by atoms with Gasteiger partial charge in [-0.3, -0.25) is 9.59 Å². The third kappa shape index (κ3) is 3.56. The molecule has 0 heterocycles. The zero-order valence-corrected chi connectivity index (χ0v) is 12.0. The molecule has 0 aliphatic rings. The summed E-state index contributed by atoms with van der Waals surface area (Å²) in [5.74, 6) is -1.86. The Balaban J connectivity index is 3.02. The molecule has 4 nitrogen and oxygen atoms in total. The monoisotopic (exact) mass is 281 g/mol. The van der Waals surface area contributed by atoms with E-state index in [1.807, 2.05) is 13.8 Å². The van der Waals surface area contributed by atoms with Crippen LogP contribution in [-0.2, 0) is 4.79 Å². The summed E-state index contributed by atoms with van der Waals surface area (Å²) in [4.78, 5) is 23.2. The maximum absolute atomic E-state index is 13.5. The molecule has 0 saturated heterocycles. The van der Waals surface area contributed by atoms with E-state index < -0.39 is 23.2 Å². The summed E-state index contributed by atoms with van der Waals surface area (Å²) in [6.07, 6.45) is 0.839. The molecule has 0 bridgehead atoms. The Hall–Kier alpha value is -1.91. The molecule has 0 unspecified atom stereocenters. The minimum atomic E-state index is -0.968. The van der Waals surface area contributed by atoms with Crippen molar-refractivity contribution in [2.24, 2.45) is 0 Å². The van der Waals surface area contributed by atoms with Crippen LogP contribution in [0.5, 0.6) is 0 Å². The first-order valence-corrected chi connectivity index (χ1v) is 6.64. The number of carbonyl (C=O) groups excluding carboxylic acids is 1. The van der Waals surface area contributed by atoms with Gasteiger partial charge < -0.3 is 10.4 Å². The van der Waals surface area contributed by atoms with Crippen molar-refractivity contribution in [3.63, 3.8) is 0 Å². The lowest BCUT2D eigenvalue weighted by Gasteiger charge is -2.31. The molecule has 5 heteroatoms. The lowest BCUT2D eigenvalue weighted by Crippen LogP contribution is -2.49. The molecule has 110 valence electrons. The van der Waals surface area contributed by atoms with E-state index >= 15 is 0 Å². The molecular weight excluding hydrogens is 261 g/mol.